The largest absolute Gasteiger partial charge is 0.380 e. The van der Waals surface area contributed by atoms with Crippen LogP contribution in [0.2, 0.25) is 0 Å². The third kappa shape index (κ3) is 6.36. The zero-order chi connectivity index (χ0) is 12.3. The number of unbranched alkanes of at least 4 members (excludes halogenated alkanes) is 1. The van der Waals surface area contributed by atoms with Crippen molar-refractivity contribution in [3.63, 3.8) is 0 Å². The maximum Gasteiger partial charge on any atom is 0.0634 e. The Morgan fingerprint density at radius 2 is 2.24 bits per heavy atom. The third-order valence-corrected chi connectivity index (χ3v) is 3.14. The van der Waals surface area contributed by atoms with Gasteiger partial charge in [0.1, 0.15) is 0 Å². The summed E-state index contributed by atoms with van der Waals surface area (Å²) in [5.74, 6) is 0. The third-order valence-electron chi connectivity index (χ3n) is 3.14. The molecule has 0 saturated carbocycles. The zero-order valence-corrected chi connectivity index (χ0v) is 11.4. The maximum atomic E-state index is 5.63. The van der Waals surface area contributed by atoms with Crippen LogP contribution in [0.3, 0.4) is 0 Å². The van der Waals surface area contributed by atoms with E-state index in [1.165, 1.54) is 12.8 Å². The fourth-order valence-electron chi connectivity index (χ4n) is 2.01. The topological polar surface area (TPSA) is 33.7 Å². The minimum absolute atomic E-state index is 0.512. The van der Waals surface area contributed by atoms with Gasteiger partial charge in [-0.25, -0.2) is 0 Å². The molecule has 1 rings (SSSR count). The van der Waals surface area contributed by atoms with Crippen LogP contribution >= 0.6 is 0 Å². The molecule has 4 heteroatoms. The smallest absolute Gasteiger partial charge is 0.0634 e. The van der Waals surface area contributed by atoms with Crippen molar-refractivity contribution in [3.8, 4) is 0 Å². The van der Waals surface area contributed by atoms with Crippen molar-refractivity contribution in [1.29, 1.82) is 0 Å². The monoisotopic (exact) mass is 244 g/mol. The molecule has 0 bridgehead atoms. The van der Waals surface area contributed by atoms with Crippen molar-refractivity contribution in [3.05, 3.63) is 0 Å². The normalized spacial score (nSPS) is 21.9. The fraction of sp³-hybridized carbons (Fsp3) is 1.00. The number of nitrogens with zero attached hydrogens (tertiary/aromatic N) is 1. The highest BCUT2D eigenvalue weighted by atomic mass is 16.5. The minimum Gasteiger partial charge on any atom is -0.380 e. The van der Waals surface area contributed by atoms with E-state index in [0.29, 0.717) is 6.04 Å². The molecule has 1 aliphatic heterocycles. The van der Waals surface area contributed by atoms with E-state index >= 15 is 0 Å². The quantitative estimate of drug-likeness (QED) is 0.616. The van der Waals surface area contributed by atoms with Crippen molar-refractivity contribution in [2.75, 3.05) is 52.6 Å². The summed E-state index contributed by atoms with van der Waals surface area (Å²) in [5.41, 5.74) is 0. The van der Waals surface area contributed by atoms with Gasteiger partial charge in [-0.1, -0.05) is 20.3 Å². The van der Waals surface area contributed by atoms with Crippen LogP contribution in [0.4, 0.5) is 0 Å². The first-order valence-electron chi connectivity index (χ1n) is 6.98. The van der Waals surface area contributed by atoms with Crippen molar-refractivity contribution >= 4 is 0 Å². The van der Waals surface area contributed by atoms with Gasteiger partial charge >= 0.3 is 0 Å². The predicted molar refractivity (Wildman–Crippen MR) is 70.5 cm³/mol. The number of morpholine rings is 1. The van der Waals surface area contributed by atoms with Gasteiger partial charge in [-0.15, -0.1) is 0 Å². The van der Waals surface area contributed by atoms with Crippen LogP contribution in [0.25, 0.3) is 0 Å². The average Bonchev–Trinajstić information content (AvgIpc) is 2.37. The van der Waals surface area contributed by atoms with Gasteiger partial charge in [-0.05, 0) is 13.0 Å². The number of likely N-dealkylation sites (N-methyl/N-ethyl adjacent to an activating group) is 1. The van der Waals surface area contributed by atoms with E-state index in [4.69, 9.17) is 9.47 Å². The van der Waals surface area contributed by atoms with E-state index in [-0.39, 0.29) is 0 Å². The first-order valence-corrected chi connectivity index (χ1v) is 6.98. The summed E-state index contributed by atoms with van der Waals surface area (Å²) in [5, 5.41) is 3.40. The maximum absolute atomic E-state index is 5.63. The summed E-state index contributed by atoms with van der Waals surface area (Å²) in [4.78, 5) is 2.48. The zero-order valence-electron chi connectivity index (χ0n) is 11.4. The van der Waals surface area contributed by atoms with Crippen LogP contribution in [-0.2, 0) is 9.47 Å². The molecule has 0 aromatic heterocycles. The Labute approximate surface area is 106 Å². The average molecular weight is 244 g/mol. The van der Waals surface area contributed by atoms with Crippen LogP contribution in [-0.4, -0.2) is 63.5 Å². The minimum atomic E-state index is 0.512. The fourth-order valence-corrected chi connectivity index (χ4v) is 2.01. The number of nitrogens with one attached hydrogen (secondary N) is 1. The predicted octanol–water partition coefficient (Wildman–Crippen LogP) is 1.11. The summed E-state index contributed by atoms with van der Waals surface area (Å²) in [7, 11) is 0. The van der Waals surface area contributed by atoms with E-state index in [9.17, 15) is 0 Å². The molecule has 1 saturated heterocycles. The molecule has 4 nitrogen and oxygen atoms in total. The molecule has 0 aliphatic carbocycles. The SMILES string of the molecule is CCCCOCCN1CCOCC1CNCC. The van der Waals surface area contributed by atoms with Gasteiger partial charge in [0.2, 0.25) is 0 Å². The van der Waals surface area contributed by atoms with Crippen molar-refractivity contribution < 1.29 is 9.47 Å². The highest BCUT2D eigenvalue weighted by Gasteiger charge is 2.21. The Hall–Kier alpha value is -0.160. The second-order valence-electron chi connectivity index (χ2n) is 4.54. The molecule has 1 N–H and O–H groups in total. The summed E-state index contributed by atoms with van der Waals surface area (Å²) in [6.07, 6.45) is 2.38. The van der Waals surface area contributed by atoms with E-state index in [2.05, 4.69) is 24.1 Å². The van der Waals surface area contributed by atoms with Gasteiger partial charge in [0, 0.05) is 32.3 Å². The molecule has 17 heavy (non-hydrogen) atoms. The lowest BCUT2D eigenvalue weighted by Crippen LogP contribution is -2.51. The second kappa shape index (κ2) is 9.83. The van der Waals surface area contributed by atoms with Crippen LogP contribution < -0.4 is 5.32 Å². The molecule has 1 unspecified atom stereocenters. The van der Waals surface area contributed by atoms with Gasteiger partial charge in [-0.2, -0.15) is 0 Å². The van der Waals surface area contributed by atoms with E-state index in [1.807, 2.05) is 0 Å². The van der Waals surface area contributed by atoms with Gasteiger partial charge < -0.3 is 14.8 Å². The Bertz CT molecular complexity index is 179. The molecule has 0 aromatic rings. The van der Waals surface area contributed by atoms with Crippen LogP contribution in [0.1, 0.15) is 26.7 Å². The number of rotatable bonds is 9. The molecule has 0 radical (unpaired) electrons. The van der Waals surface area contributed by atoms with Gasteiger partial charge in [0.15, 0.2) is 0 Å². The summed E-state index contributed by atoms with van der Waals surface area (Å²) in [6, 6.07) is 0.512. The highest BCUT2D eigenvalue weighted by Crippen LogP contribution is 2.05. The summed E-state index contributed by atoms with van der Waals surface area (Å²) in [6.45, 7) is 11.9. The number of hydrogen-bond acceptors (Lipinski definition) is 4. The Morgan fingerprint density at radius 3 is 3.00 bits per heavy atom. The van der Waals surface area contributed by atoms with E-state index in [1.54, 1.807) is 0 Å². The Morgan fingerprint density at radius 1 is 1.35 bits per heavy atom. The van der Waals surface area contributed by atoms with Crippen molar-refractivity contribution in [2.24, 2.45) is 0 Å². The lowest BCUT2D eigenvalue weighted by atomic mass is 10.2. The molecular weight excluding hydrogens is 216 g/mol. The summed E-state index contributed by atoms with van der Waals surface area (Å²) < 4.78 is 11.2. The molecule has 102 valence electrons. The molecule has 1 heterocycles. The standard InChI is InChI=1S/C13H28N2O2/c1-3-5-8-16-9-6-15-7-10-17-12-13(15)11-14-4-2/h13-14H,3-12H2,1-2H3. The molecular formula is C13H28N2O2. The second-order valence-corrected chi connectivity index (χ2v) is 4.54. The molecule has 1 atom stereocenters. The van der Waals surface area contributed by atoms with E-state index < -0.39 is 0 Å². The van der Waals surface area contributed by atoms with Gasteiger partial charge in [-0.3, -0.25) is 4.90 Å². The van der Waals surface area contributed by atoms with Crippen LogP contribution in [0, 0.1) is 0 Å². The van der Waals surface area contributed by atoms with Crippen LogP contribution in [0.15, 0.2) is 0 Å². The molecule has 0 spiro atoms. The Kier molecular flexibility index (Phi) is 8.61. The number of hydrogen-bond donors (Lipinski definition) is 1. The lowest BCUT2D eigenvalue weighted by Gasteiger charge is -2.35. The van der Waals surface area contributed by atoms with Crippen molar-refractivity contribution in [1.82, 2.24) is 10.2 Å². The van der Waals surface area contributed by atoms with Crippen molar-refractivity contribution in [2.45, 2.75) is 32.7 Å². The lowest BCUT2D eigenvalue weighted by molar-refractivity contribution is -0.0195. The van der Waals surface area contributed by atoms with Crippen LogP contribution in [0.5, 0.6) is 0 Å². The first-order chi connectivity index (χ1) is 8.38. The first kappa shape index (κ1) is 14.9. The Balaban J connectivity index is 2.13. The molecule has 0 amide bonds. The highest BCUT2D eigenvalue weighted by molar-refractivity contribution is 4.77. The van der Waals surface area contributed by atoms with Gasteiger partial charge in [0.05, 0.1) is 19.8 Å². The molecule has 0 aromatic carbocycles. The summed E-state index contributed by atoms with van der Waals surface area (Å²) >= 11 is 0. The molecule has 1 aliphatic rings. The van der Waals surface area contributed by atoms with E-state index in [0.717, 1.165) is 52.6 Å². The number of ether oxygens (including phenoxy) is 2. The van der Waals surface area contributed by atoms with Gasteiger partial charge in [0.25, 0.3) is 0 Å². The molecule has 1 fully saturated rings.